The van der Waals surface area contributed by atoms with Gasteiger partial charge in [0.2, 0.25) is 10.0 Å². The highest BCUT2D eigenvalue weighted by atomic mass is 32.2. The first-order chi connectivity index (χ1) is 10.1. The number of nitrogen functional groups attached to an aromatic ring is 1. The Bertz CT molecular complexity index is 702. The van der Waals surface area contributed by atoms with Gasteiger partial charge in [-0.05, 0) is 23.8 Å². The van der Waals surface area contributed by atoms with Crippen molar-refractivity contribution in [2.45, 2.75) is 11.4 Å². The number of nitrogens with one attached hydrogen (secondary N) is 2. The molecule has 112 valence electrons. The zero-order valence-corrected chi connectivity index (χ0v) is 12.2. The highest BCUT2D eigenvalue weighted by Crippen LogP contribution is 2.18. The van der Waals surface area contributed by atoms with E-state index in [2.05, 4.69) is 15.1 Å². The predicted molar refractivity (Wildman–Crippen MR) is 79.1 cm³/mol. The molecule has 0 aliphatic heterocycles. The SMILES string of the molecule is COc1ccc(CNS(=O)(=O)c2cnccc2NN)cc1. The standard InChI is InChI=1S/C13H16N4O3S/c1-20-11-4-2-10(3-5-11)8-16-21(18,19)13-9-15-7-6-12(13)17-14/h2-7,9,16H,8,14H2,1H3,(H,15,17). The van der Waals surface area contributed by atoms with E-state index in [1.54, 1.807) is 31.4 Å². The molecule has 0 aliphatic carbocycles. The van der Waals surface area contributed by atoms with Gasteiger partial charge >= 0.3 is 0 Å². The molecule has 1 heterocycles. The van der Waals surface area contributed by atoms with Crippen molar-refractivity contribution in [3.05, 3.63) is 48.3 Å². The number of anilines is 1. The maximum Gasteiger partial charge on any atom is 0.244 e. The van der Waals surface area contributed by atoms with Crippen molar-refractivity contribution >= 4 is 15.7 Å². The molecule has 4 N–H and O–H groups in total. The van der Waals surface area contributed by atoms with Crippen LogP contribution in [0.25, 0.3) is 0 Å². The number of sulfonamides is 1. The van der Waals surface area contributed by atoms with Crippen LogP contribution in [0, 0.1) is 0 Å². The summed E-state index contributed by atoms with van der Waals surface area (Å²) in [6.45, 7) is 0.158. The Morgan fingerprint density at radius 3 is 2.57 bits per heavy atom. The van der Waals surface area contributed by atoms with Gasteiger partial charge in [0.05, 0.1) is 12.8 Å². The number of hydrogen-bond donors (Lipinski definition) is 3. The van der Waals surface area contributed by atoms with E-state index in [1.807, 2.05) is 0 Å². The molecule has 0 aliphatic rings. The summed E-state index contributed by atoms with van der Waals surface area (Å²) in [6, 6.07) is 8.59. The van der Waals surface area contributed by atoms with Crippen LogP contribution in [0.2, 0.25) is 0 Å². The van der Waals surface area contributed by atoms with E-state index < -0.39 is 10.0 Å². The Balaban J connectivity index is 2.13. The highest BCUT2D eigenvalue weighted by molar-refractivity contribution is 7.89. The number of benzene rings is 1. The summed E-state index contributed by atoms with van der Waals surface area (Å²) in [6.07, 6.45) is 2.70. The molecule has 0 bridgehead atoms. The lowest BCUT2D eigenvalue weighted by atomic mass is 10.2. The van der Waals surface area contributed by atoms with Gasteiger partial charge in [0.1, 0.15) is 10.6 Å². The molecule has 0 spiro atoms. The van der Waals surface area contributed by atoms with Gasteiger partial charge in [-0.2, -0.15) is 0 Å². The van der Waals surface area contributed by atoms with Crippen molar-refractivity contribution in [1.82, 2.24) is 9.71 Å². The Morgan fingerprint density at radius 2 is 1.95 bits per heavy atom. The van der Waals surface area contributed by atoms with Gasteiger partial charge in [0.15, 0.2) is 0 Å². The average Bonchev–Trinajstić information content (AvgIpc) is 2.53. The second-order valence-electron chi connectivity index (χ2n) is 4.19. The smallest absolute Gasteiger partial charge is 0.244 e. The summed E-state index contributed by atoms with van der Waals surface area (Å²) < 4.78 is 32.0. The summed E-state index contributed by atoms with van der Waals surface area (Å²) in [4.78, 5) is 3.81. The Morgan fingerprint density at radius 1 is 1.24 bits per heavy atom. The molecule has 0 unspecified atom stereocenters. The molecule has 8 heteroatoms. The van der Waals surface area contributed by atoms with Crippen LogP contribution in [-0.4, -0.2) is 20.5 Å². The topological polar surface area (TPSA) is 106 Å². The molecule has 1 aromatic carbocycles. The van der Waals surface area contributed by atoms with Crippen LogP contribution < -0.4 is 20.7 Å². The largest absolute Gasteiger partial charge is 0.497 e. The zero-order valence-electron chi connectivity index (χ0n) is 11.4. The number of pyridine rings is 1. The lowest BCUT2D eigenvalue weighted by Crippen LogP contribution is -2.25. The van der Waals surface area contributed by atoms with Crippen LogP contribution in [0.4, 0.5) is 5.69 Å². The number of hydrogen-bond acceptors (Lipinski definition) is 6. The van der Waals surface area contributed by atoms with E-state index in [0.717, 1.165) is 5.56 Å². The first-order valence-electron chi connectivity index (χ1n) is 6.10. The summed E-state index contributed by atoms with van der Waals surface area (Å²) in [5, 5.41) is 0. The van der Waals surface area contributed by atoms with Crippen LogP contribution in [-0.2, 0) is 16.6 Å². The van der Waals surface area contributed by atoms with Crippen molar-refractivity contribution in [2.24, 2.45) is 5.84 Å². The molecule has 0 radical (unpaired) electrons. The molecule has 2 aromatic rings. The zero-order chi connectivity index (χ0) is 15.3. The third kappa shape index (κ3) is 3.69. The number of methoxy groups -OCH3 is 1. The maximum absolute atomic E-state index is 12.2. The van der Waals surface area contributed by atoms with Crippen molar-refractivity contribution < 1.29 is 13.2 Å². The number of ether oxygens (including phenoxy) is 1. The highest BCUT2D eigenvalue weighted by Gasteiger charge is 2.18. The lowest BCUT2D eigenvalue weighted by Gasteiger charge is -2.10. The minimum Gasteiger partial charge on any atom is -0.497 e. The Kier molecular flexibility index (Phi) is 4.73. The van der Waals surface area contributed by atoms with Gasteiger partial charge in [-0.15, -0.1) is 0 Å². The van der Waals surface area contributed by atoms with Gasteiger partial charge in [-0.1, -0.05) is 12.1 Å². The van der Waals surface area contributed by atoms with Crippen LogP contribution in [0.1, 0.15) is 5.56 Å². The van der Waals surface area contributed by atoms with Crippen molar-refractivity contribution in [3.8, 4) is 5.75 Å². The molecule has 2 rings (SSSR count). The number of nitrogens with zero attached hydrogens (tertiary/aromatic N) is 1. The van der Waals surface area contributed by atoms with Crippen molar-refractivity contribution in [2.75, 3.05) is 12.5 Å². The quantitative estimate of drug-likeness (QED) is 0.539. The van der Waals surface area contributed by atoms with Crippen LogP contribution in [0.5, 0.6) is 5.75 Å². The van der Waals surface area contributed by atoms with E-state index in [0.29, 0.717) is 5.75 Å². The molecular weight excluding hydrogens is 292 g/mol. The first-order valence-corrected chi connectivity index (χ1v) is 7.58. The molecule has 0 fully saturated rings. The minimum absolute atomic E-state index is 0.000937. The van der Waals surface area contributed by atoms with Crippen molar-refractivity contribution in [1.29, 1.82) is 0 Å². The molecular formula is C13H16N4O3S. The summed E-state index contributed by atoms with van der Waals surface area (Å²) in [5.41, 5.74) is 3.43. The number of hydrazine groups is 1. The van der Waals surface area contributed by atoms with E-state index in [1.165, 1.54) is 18.5 Å². The summed E-state index contributed by atoms with van der Waals surface area (Å²) in [5.74, 6) is 6.01. The van der Waals surface area contributed by atoms with Gasteiger partial charge in [-0.25, -0.2) is 13.1 Å². The van der Waals surface area contributed by atoms with E-state index in [4.69, 9.17) is 10.6 Å². The Hall–Kier alpha value is -2.16. The van der Waals surface area contributed by atoms with Crippen LogP contribution in [0.15, 0.2) is 47.6 Å². The third-order valence-corrected chi connectivity index (χ3v) is 4.28. The van der Waals surface area contributed by atoms with Gasteiger partial charge < -0.3 is 10.2 Å². The molecule has 1 aromatic heterocycles. The van der Waals surface area contributed by atoms with E-state index in [9.17, 15) is 8.42 Å². The maximum atomic E-state index is 12.2. The summed E-state index contributed by atoms with van der Waals surface area (Å²) >= 11 is 0. The number of nitrogens with two attached hydrogens (primary N) is 1. The second-order valence-corrected chi connectivity index (χ2v) is 5.92. The molecule has 21 heavy (non-hydrogen) atoms. The molecule has 7 nitrogen and oxygen atoms in total. The number of aromatic nitrogens is 1. The van der Waals surface area contributed by atoms with Crippen LogP contribution >= 0.6 is 0 Å². The van der Waals surface area contributed by atoms with Crippen LogP contribution in [0.3, 0.4) is 0 Å². The van der Waals surface area contributed by atoms with E-state index in [-0.39, 0.29) is 17.1 Å². The van der Waals surface area contributed by atoms with Crippen molar-refractivity contribution in [3.63, 3.8) is 0 Å². The lowest BCUT2D eigenvalue weighted by molar-refractivity contribution is 0.414. The fourth-order valence-corrected chi connectivity index (χ4v) is 2.84. The fourth-order valence-electron chi connectivity index (χ4n) is 1.71. The predicted octanol–water partition coefficient (Wildman–Crippen LogP) is 0.854. The average molecular weight is 308 g/mol. The second kappa shape index (κ2) is 6.53. The molecule has 0 atom stereocenters. The summed E-state index contributed by atoms with van der Waals surface area (Å²) in [7, 11) is -2.13. The van der Waals surface area contributed by atoms with Gasteiger partial charge in [0.25, 0.3) is 0 Å². The minimum atomic E-state index is -3.70. The fraction of sp³-hybridized carbons (Fsp3) is 0.154. The van der Waals surface area contributed by atoms with Gasteiger partial charge in [0, 0.05) is 18.9 Å². The monoisotopic (exact) mass is 308 g/mol. The third-order valence-electron chi connectivity index (χ3n) is 2.85. The molecule has 0 saturated heterocycles. The molecule has 0 amide bonds. The number of rotatable bonds is 6. The normalized spacial score (nSPS) is 11.1. The first kappa shape index (κ1) is 15.2. The Labute approximate surface area is 123 Å². The molecule has 0 saturated carbocycles. The van der Waals surface area contributed by atoms with E-state index >= 15 is 0 Å². The van der Waals surface area contributed by atoms with Gasteiger partial charge in [-0.3, -0.25) is 10.8 Å².